The van der Waals surface area contributed by atoms with Gasteiger partial charge in [0.2, 0.25) is 0 Å². The summed E-state index contributed by atoms with van der Waals surface area (Å²) in [4.78, 5) is 19.3. The molecular formula is C6H12F2N2O2Zr. The fourth-order valence-corrected chi connectivity index (χ4v) is 0. The van der Waals surface area contributed by atoms with Crippen molar-refractivity contribution in [2.45, 2.75) is 13.8 Å². The second-order valence-corrected chi connectivity index (χ2v) is 1.49. The average molecular weight is 273 g/mol. The van der Waals surface area contributed by atoms with Gasteiger partial charge < -0.3 is 29.6 Å². The Morgan fingerprint density at radius 2 is 0.923 bits per heavy atom. The quantitative estimate of drug-likeness (QED) is 0.444. The van der Waals surface area contributed by atoms with Crippen LogP contribution in [-0.4, -0.2) is 25.9 Å². The Balaban J connectivity index is -0.0000000267. The molecule has 0 unspecified atom stereocenters. The van der Waals surface area contributed by atoms with Crippen molar-refractivity contribution in [3.05, 3.63) is 10.6 Å². The van der Waals surface area contributed by atoms with Gasteiger partial charge in [0.05, 0.1) is 0 Å². The van der Waals surface area contributed by atoms with Gasteiger partial charge in [-0.25, -0.2) is 0 Å². The smallest absolute Gasteiger partial charge is 1.00 e. The minimum absolute atomic E-state index is 0. The summed E-state index contributed by atoms with van der Waals surface area (Å²) in [5, 5.41) is 6.50. The molecule has 7 heteroatoms. The monoisotopic (exact) mass is 272 g/mol. The summed E-state index contributed by atoms with van der Waals surface area (Å²) in [5.74, 6) is -0.241. The second-order valence-electron chi connectivity index (χ2n) is 1.49. The number of hydrogen-bond acceptors (Lipinski definition) is 2. The number of nitrogens with zero attached hydrogens (tertiary/aromatic N) is 2. The molecule has 0 N–H and O–H groups in total. The van der Waals surface area contributed by atoms with E-state index in [0.717, 1.165) is 0 Å². The van der Waals surface area contributed by atoms with Crippen LogP contribution in [0.25, 0.3) is 10.6 Å². The van der Waals surface area contributed by atoms with E-state index in [-0.39, 0.29) is 47.4 Å². The first-order valence-corrected chi connectivity index (χ1v) is 2.75. The van der Waals surface area contributed by atoms with E-state index in [9.17, 15) is 9.59 Å². The second kappa shape index (κ2) is 22.6. The first-order chi connectivity index (χ1) is 4.54. The summed E-state index contributed by atoms with van der Waals surface area (Å²) in [7, 11) is 2.95. The van der Waals surface area contributed by atoms with Crippen LogP contribution in [0.3, 0.4) is 0 Å². The molecule has 0 heterocycles. The molecule has 0 atom stereocenters. The van der Waals surface area contributed by atoms with Crippen LogP contribution in [0.4, 0.5) is 0 Å². The van der Waals surface area contributed by atoms with E-state index in [4.69, 9.17) is 0 Å². The van der Waals surface area contributed by atoms with Gasteiger partial charge in [0.1, 0.15) is 0 Å². The van der Waals surface area contributed by atoms with Gasteiger partial charge in [-0.05, 0) is 13.8 Å². The molecule has 13 heavy (non-hydrogen) atoms. The number of amides is 2. The molecule has 76 valence electrons. The fourth-order valence-electron chi connectivity index (χ4n) is 0. The van der Waals surface area contributed by atoms with Gasteiger partial charge in [-0.3, -0.25) is 0 Å². The molecule has 0 rings (SSSR count). The molecule has 0 aliphatic rings. The minimum atomic E-state index is -0.120. The summed E-state index contributed by atoms with van der Waals surface area (Å²) in [6, 6.07) is 0. The third-order valence-electron chi connectivity index (χ3n) is 0.630. The molecule has 0 aromatic rings. The molecule has 2 amide bonds. The third kappa shape index (κ3) is 80.8. The van der Waals surface area contributed by atoms with Gasteiger partial charge in [0, 0.05) is 11.8 Å². The average Bonchev–Trinajstić information content (AvgIpc) is 1.89. The normalized spacial score (nSPS) is 5.23. The van der Waals surface area contributed by atoms with Crippen molar-refractivity contribution in [2.75, 3.05) is 14.1 Å². The van der Waals surface area contributed by atoms with Gasteiger partial charge in [-0.2, -0.15) is 0 Å². The molecule has 0 radical (unpaired) electrons. The van der Waals surface area contributed by atoms with Crippen LogP contribution < -0.4 is 9.41 Å². The summed E-state index contributed by atoms with van der Waals surface area (Å²) in [6.45, 7) is 2.83. The fraction of sp³-hybridized carbons (Fsp3) is 0.667. The number of carbonyl (C=O) groups excluding carboxylic acids is 2. The van der Waals surface area contributed by atoms with E-state index in [1.807, 2.05) is 0 Å². The summed E-state index contributed by atoms with van der Waals surface area (Å²) in [6.07, 6.45) is 0. The molecule has 0 bridgehead atoms. The van der Waals surface area contributed by atoms with Crippen molar-refractivity contribution >= 4 is 11.8 Å². The van der Waals surface area contributed by atoms with Crippen LogP contribution >= 0.6 is 0 Å². The van der Waals surface area contributed by atoms with Crippen molar-refractivity contribution in [2.24, 2.45) is 0 Å². The largest absolute Gasteiger partial charge is 4.00 e. The molecule has 0 fully saturated rings. The van der Waals surface area contributed by atoms with Gasteiger partial charge in [0.15, 0.2) is 0 Å². The molecule has 0 aliphatic heterocycles. The predicted molar refractivity (Wildman–Crippen MR) is 39.9 cm³/mol. The van der Waals surface area contributed by atoms with E-state index in [2.05, 4.69) is 10.6 Å². The van der Waals surface area contributed by atoms with Crippen LogP contribution in [0, 0.1) is 0 Å². The third-order valence-corrected chi connectivity index (χ3v) is 0.630. The van der Waals surface area contributed by atoms with Crippen molar-refractivity contribution in [1.82, 2.24) is 0 Å². The minimum Gasteiger partial charge on any atom is -1.00 e. The number of carbonyl (C=O) groups is 2. The van der Waals surface area contributed by atoms with Crippen molar-refractivity contribution < 1.29 is 45.2 Å². The van der Waals surface area contributed by atoms with E-state index >= 15 is 0 Å². The Labute approximate surface area is 95.7 Å². The molecule has 4 nitrogen and oxygen atoms in total. The van der Waals surface area contributed by atoms with Gasteiger partial charge >= 0.3 is 26.2 Å². The van der Waals surface area contributed by atoms with Crippen LogP contribution in [0.2, 0.25) is 0 Å². The van der Waals surface area contributed by atoms with Crippen LogP contribution in [0.15, 0.2) is 0 Å². The molecule has 0 aromatic heterocycles. The number of halogens is 2. The van der Waals surface area contributed by atoms with E-state index in [1.54, 1.807) is 0 Å². The van der Waals surface area contributed by atoms with Crippen LogP contribution in [0.5, 0.6) is 0 Å². The SMILES string of the molecule is C[N-]C(C)=O.C[N-]C(C)=O.[F-].[F-].[Zr+4]. The zero-order valence-electron chi connectivity index (χ0n) is 7.97. The van der Waals surface area contributed by atoms with E-state index in [1.165, 1.54) is 27.9 Å². The summed E-state index contributed by atoms with van der Waals surface area (Å²) < 4.78 is 0. The zero-order valence-corrected chi connectivity index (χ0v) is 10.4. The Morgan fingerprint density at radius 1 is 0.846 bits per heavy atom. The predicted octanol–water partition coefficient (Wildman–Crippen LogP) is -4.92. The number of rotatable bonds is 0. The molecule has 0 aliphatic carbocycles. The Bertz CT molecular complexity index is 111. The van der Waals surface area contributed by atoms with Gasteiger partial charge in [-0.1, -0.05) is 0 Å². The summed E-state index contributed by atoms with van der Waals surface area (Å²) in [5.41, 5.74) is 0. The first kappa shape index (κ1) is 29.3. The Morgan fingerprint density at radius 3 is 0.923 bits per heavy atom. The van der Waals surface area contributed by atoms with Crippen LogP contribution in [0.1, 0.15) is 13.8 Å². The van der Waals surface area contributed by atoms with E-state index < -0.39 is 0 Å². The van der Waals surface area contributed by atoms with Crippen molar-refractivity contribution in [3.8, 4) is 0 Å². The van der Waals surface area contributed by atoms with Crippen LogP contribution in [-0.2, 0) is 35.8 Å². The molecule has 0 saturated carbocycles. The number of hydrogen-bond donors (Lipinski definition) is 0. The van der Waals surface area contributed by atoms with Gasteiger partial charge in [0.25, 0.3) is 0 Å². The maximum Gasteiger partial charge on any atom is 4.00 e. The molecule has 0 saturated heterocycles. The maximum absolute atomic E-state index is 9.65. The molecule has 0 aromatic carbocycles. The van der Waals surface area contributed by atoms with Crippen molar-refractivity contribution in [1.29, 1.82) is 0 Å². The topological polar surface area (TPSA) is 62.3 Å². The first-order valence-electron chi connectivity index (χ1n) is 2.75. The maximum atomic E-state index is 9.65. The zero-order chi connectivity index (χ0) is 8.57. The summed E-state index contributed by atoms with van der Waals surface area (Å²) >= 11 is 0. The standard InChI is InChI=1S/2C3H7NO.2FH.Zr/c2*1-3(5)4-2;;;/h2*1-2H3,(H,4,5);2*1H;/q;;;;+4/p-4. The Kier molecular flexibility index (Phi) is 51.0. The Hall–Kier alpha value is -0.317. The molecule has 0 spiro atoms. The van der Waals surface area contributed by atoms with Crippen molar-refractivity contribution in [3.63, 3.8) is 0 Å². The van der Waals surface area contributed by atoms with E-state index in [0.29, 0.717) is 0 Å². The molecular weight excluding hydrogens is 261 g/mol. The van der Waals surface area contributed by atoms with Gasteiger partial charge in [-0.15, -0.1) is 14.1 Å².